The third-order valence-electron chi connectivity index (χ3n) is 3.30. The van der Waals surface area contributed by atoms with Crippen molar-refractivity contribution in [1.82, 2.24) is 9.97 Å². The molecular formula is C18H15BrN4O. The minimum Gasteiger partial charge on any atom is -0.364 e. The fourth-order valence-corrected chi connectivity index (χ4v) is 2.32. The molecule has 0 bridgehead atoms. The van der Waals surface area contributed by atoms with Crippen molar-refractivity contribution in [1.29, 1.82) is 0 Å². The van der Waals surface area contributed by atoms with Gasteiger partial charge in [-0.3, -0.25) is 9.78 Å². The molecule has 0 spiro atoms. The highest BCUT2D eigenvalue weighted by molar-refractivity contribution is 9.10. The maximum Gasteiger partial charge on any atom is 0.257 e. The minimum absolute atomic E-state index is 0.193. The van der Waals surface area contributed by atoms with Crippen molar-refractivity contribution in [2.75, 3.05) is 10.6 Å². The number of hydrogen-bond acceptors (Lipinski definition) is 4. The number of amides is 1. The summed E-state index contributed by atoms with van der Waals surface area (Å²) in [6.07, 6.45) is 3.30. The van der Waals surface area contributed by atoms with Crippen molar-refractivity contribution in [2.45, 2.75) is 6.54 Å². The number of aromatic nitrogens is 2. The Labute approximate surface area is 148 Å². The molecule has 0 aliphatic rings. The molecule has 2 N–H and O–H groups in total. The van der Waals surface area contributed by atoms with Crippen LogP contribution in [0.15, 0.2) is 71.5 Å². The van der Waals surface area contributed by atoms with Crippen LogP contribution < -0.4 is 10.6 Å². The fraction of sp³-hybridized carbons (Fsp3) is 0.0556. The molecule has 5 nitrogen and oxygen atoms in total. The monoisotopic (exact) mass is 382 g/mol. The van der Waals surface area contributed by atoms with E-state index in [4.69, 9.17) is 0 Å². The first kappa shape index (κ1) is 16.1. The highest BCUT2D eigenvalue weighted by Gasteiger charge is 2.07. The Morgan fingerprint density at radius 3 is 2.50 bits per heavy atom. The number of halogens is 1. The molecule has 1 amide bonds. The summed E-state index contributed by atoms with van der Waals surface area (Å²) in [5, 5.41) is 6.01. The van der Waals surface area contributed by atoms with Gasteiger partial charge in [0.2, 0.25) is 0 Å². The normalized spacial score (nSPS) is 10.2. The smallest absolute Gasteiger partial charge is 0.257 e. The van der Waals surface area contributed by atoms with Gasteiger partial charge in [0.25, 0.3) is 5.91 Å². The van der Waals surface area contributed by atoms with Crippen molar-refractivity contribution >= 4 is 33.3 Å². The van der Waals surface area contributed by atoms with E-state index in [1.165, 1.54) is 0 Å². The zero-order valence-corrected chi connectivity index (χ0v) is 14.3. The van der Waals surface area contributed by atoms with E-state index in [-0.39, 0.29) is 5.91 Å². The summed E-state index contributed by atoms with van der Waals surface area (Å²) in [6, 6.07) is 16.7. The van der Waals surface area contributed by atoms with E-state index >= 15 is 0 Å². The maximum absolute atomic E-state index is 12.2. The number of hydrogen-bond donors (Lipinski definition) is 2. The zero-order valence-electron chi connectivity index (χ0n) is 12.7. The van der Waals surface area contributed by atoms with Crippen molar-refractivity contribution in [3.63, 3.8) is 0 Å². The number of carbonyl (C=O) groups is 1. The van der Waals surface area contributed by atoms with E-state index in [9.17, 15) is 4.79 Å². The predicted octanol–water partition coefficient (Wildman–Crippen LogP) is 4.10. The molecule has 1 aromatic carbocycles. The number of anilines is 2. The molecule has 120 valence electrons. The molecule has 3 rings (SSSR count). The lowest BCUT2D eigenvalue weighted by Gasteiger charge is -2.07. The van der Waals surface area contributed by atoms with Crippen LogP contribution in [0.4, 0.5) is 11.5 Å². The molecule has 0 atom stereocenters. The molecule has 3 aromatic rings. The molecule has 2 heterocycles. The fourth-order valence-electron chi connectivity index (χ4n) is 2.05. The van der Waals surface area contributed by atoms with Gasteiger partial charge in [-0.15, -0.1) is 0 Å². The lowest BCUT2D eigenvalue weighted by Crippen LogP contribution is -2.12. The van der Waals surface area contributed by atoms with Gasteiger partial charge in [-0.1, -0.05) is 22.0 Å². The van der Waals surface area contributed by atoms with Crippen molar-refractivity contribution in [3.8, 4) is 0 Å². The second-order valence-electron chi connectivity index (χ2n) is 5.07. The first-order chi connectivity index (χ1) is 11.7. The van der Waals surface area contributed by atoms with Crippen LogP contribution in [0, 0.1) is 0 Å². The van der Waals surface area contributed by atoms with Gasteiger partial charge in [0.05, 0.1) is 17.8 Å². The van der Waals surface area contributed by atoms with E-state index < -0.39 is 0 Å². The van der Waals surface area contributed by atoms with Crippen LogP contribution in [-0.2, 0) is 6.54 Å². The summed E-state index contributed by atoms with van der Waals surface area (Å²) in [4.78, 5) is 20.7. The predicted molar refractivity (Wildman–Crippen MR) is 97.9 cm³/mol. The average Bonchev–Trinajstić information content (AvgIpc) is 2.63. The van der Waals surface area contributed by atoms with E-state index in [2.05, 4.69) is 36.5 Å². The molecule has 0 aliphatic heterocycles. The third-order valence-corrected chi connectivity index (χ3v) is 3.83. The lowest BCUT2D eigenvalue weighted by atomic mass is 10.2. The molecule has 6 heteroatoms. The first-order valence-electron chi connectivity index (χ1n) is 7.37. The van der Waals surface area contributed by atoms with Gasteiger partial charge in [-0.2, -0.15) is 0 Å². The van der Waals surface area contributed by atoms with Gasteiger partial charge in [0.1, 0.15) is 5.82 Å². The van der Waals surface area contributed by atoms with Gasteiger partial charge in [-0.05, 0) is 48.5 Å². The maximum atomic E-state index is 12.2. The van der Waals surface area contributed by atoms with Gasteiger partial charge in [0.15, 0.2) is 0 Å². The number of nitrogens with one attached hydrogen (secondary N) is 2. The van der Waals surface area contributed by atoms with Crippen LogP contribution in [0.3, 0.4) is 0 Å². The molecule has 0 radical (unpaired) electrons. The summed E-state index contributed by atoms with van der Waals surface area (Å²) < 4.78 is 0.963. The summed E-state index contributed by atoms with van der Waals surface area (Å²) in [6.45, 7) is 0.582. The third kappa shape index (κ3) is 4.39. The Morgan fingerprint density at radius 2 is 1.83 bits per heavy atom. The van der Waals surface area contributed by atoms with Crippen LogP contribution in [0.5, 0.6) is 0 Å². The van der Waals surface area contributed by atoms with Crippen LogP contribution in [0.1, 0.15) is 16.1 Å². The Bertz CT molecular complexity index is 805. The quantitative estimate of drug-likeness (QED) is 0.696. The number of pyridine rings is 2. The second kappa shape index (κ2) is 7.70. The van der Waals surface area contributed by atoms with E-state index in [1.807, 2.05) is 42.5 Å². The second-order valence-corrected chi connectivity index (χ2v) is 5.98. The topological polar surface area (TPSA) is 66.9 Å². The van der Waals surface area contributed by atoms with Gasteiger partial charge >= 0.3 is 0 Å². The molecule has 24 heavy (non-hydrogen) atoms. The van der Waals surface area contributed by atoms with E-state index in [1.54, 1.807) is 24.5 Å². The summed E-state index contributed by atoms with van der Waals surface area (Å²) in [5.41, 5.74) is 2.17. The SMILES string of the molecule is O=C(Nc1ccc(Br)cc1)c1ccc(NCc2ccccn2)nc1. The molecular weight excluding hydrogens is 368 g/mol. The van der Waals surface area contributed by atoms with Crippen LogP contribution in [0.25, 0.3) is 0 Å². The number of nitrogens with zero attached hydrogens (tertiary/aromatic N) is 2. The molecule has 0 saturated heterocycles. The Hall–Kier alpha value is -2.73. The minimum atomic E-state index is -0.193. The molecule has 0 aliphatic carbocycles. The van der Waals surface area contributed by atoms with Crippen molar-refractivity contribution in [3.05, 3.63) is 82.7 Å². The van der Waals surface area contributed by atoms with Gasteiger partial charge < -0.3 is 10.6 Å². The Kier molecular flexibility index (Phi) is 5.18. The lowest BCUT2D eigenvalue weighted by molar-refractivity contribution is 0.102. The average molecular weight is 383 g/mol. The van der Waals surface area contributed by atoms with Crippen LogP contribution >= 0.6 is 15.9 Å². The van der Waals surface area contributed by atoms with Crippen molar-refractivity contribution in [2.24, 2.45) is 0 Å². The molecule has 0 fully saturated rings. The Morgan fingerprint density at radius 1 is 1.00 bits per heavy atom. The summed E-state index contributed by atoms with van der Waals surface area (Å²) in [5.74, 6) is 0.502. The standard InChI is InChI=1S/C18H15BrN4O/c19-14-5-7-15(8-6-14)23-18(24)13-4-9-17(21-11-13)22-12-16-3-1-2-10-20-16/h1-11H,12H2,(H,21,22)(H,23,24). The molecule has 2 aromatic heterocycles. The van der Waals surface area contributed by atoms with Gasteiger partial charge in [-0.25, -0.2) is 4.98 Å². The van der Waals surface area contributed by atoms with Crippen molar-refractivity contribution < 1.29 is 4.79 Å². The summed E-state index contributed by atoms with van der Waals surface area (Å²) >= 11 is 3.36. The number of benzene rings is 1. The largest absolute Gasteiger partial charge is 0.364 e. The number of carbonyl (C=O) groups excluding carboxylic acids is 1. The molecule has 0 saturated carbocycles. The zero-order chi connectivity index (χ0) is 16.8. The highest BCUT2D eigenvalue weighted by Crippen LogP contribution is 2.15. The highest BCUT2D eigenvalue weighted by atomic mass is 79.9. The summed E-state index contributed by atoms with van der Waals surface area (Å²) in [7, 11) is 0. The van der Waals surface area contributed by atoms with Crippen LogP contribution in [0.2, 0.25) is 0 Å². The number of rotatable bonds is 5. The van der Waals surface area contributed by atoms with E-state index in [0.29, 0.717) is 17.9 Å². The Balaban J connectivity index is 1.59. The van der Waals surface area contributed by atoms with Crippen LogP contribution in [-0.4, -0.2) is 15.9 Å². The first-order valence-corrected chi connectivity index (χ1v) is 8.17. The van der Waals surface area contributed by atoms with E-state index in [0.717, 1.165) is 15.9 Å². The molecule has 0 unspecified atom stereocenters. The van der Waals surface area contributed by atoms with Gasteiger partial charge in [0, 0.05) is 22.6 Å².